The molecule has 0 aromatic heterocycles. The molecular weight excluding hydrogens is 294 g/mol. The minimum Gasteiger partial charge on any atom is -0.344 e. The van der Waals surface area contributed by atoms with E-state index in [0.29, 0.717) is 17.7 Å². The Morgan fingerprint density at radius 2 is 2.05 bits per heavy atom. The van der Waals surface area contributed by atoms with Gasteiger partial charge in [0, 0.05) is 11.7 Å². The number of nitrogens with one attached hydrogen (secondary N) is 2. The minimum absolute atomic E-state index is 0.0176. The Kier molecular flexibility index (Phi) is 4.23. The van der Waals surface area contributed by atoms with E-state index in [1.807, 2.05) is 6.07 Å². The predicted molar refractivity (Wildman–Crippen MR) is 75.0 cm³/mol. The second kappa shape index (κ2) is 5.93. The van der Waals surface area contributed by atoms with Crippen molar-refractivity contribution in [2.75, 3.05) is 16.8 Å². The first-order valence-corrected chi connectivity index (χ1v) is 8.04. The number of sulfone groups is 1. The molecular formula is C13H13N3O4S. The maximum Gasteiger partial charge on any atom is 0.313 e. The molecule has 0 saturated carbocycles. The van der Waals surface area contributed by atoms with Gasteiger partial charge in [0.25, 0.3) is 0 Å². The number of carbonyl (C=O) groups excluding carboxylic acids is 2. The van der Waals surface area contributed by atoms with Gasteiger partial charge in [-0.05, 0) is 24.6 Å². The molecule has 8 heteroatoms. The van der Waals surface area contributed by atoms with Crippen LogP contribution < -0.4 is 10.6 Å². The Balaban J connectivity index is 1.94. The van der Waals surface area contributed by atoms with E-state index >= 15 is 0 Å². The van der Waals surface area contributed by atoms with Gasteiger partial charge in [-0.25, -0.2) is 8.42 Å². The molecule has 7 nitrogen and oxygen atoms in total. The molecule has 2 N–H and O–H groups in total. The van der Waals surface area contributed by atoms with Gasteiger partial charge in [0.15, 0.2) is 9.84 Å². The van der Waals surface area contributed by atoms with Crippen LogP contribution in [0.3, 0.4) is 0 Å². The van der Waals surface area contributed by atoms with E-state index in [0.717, 1.165) is 0 Å². The van der Waals surface area contributed by atoms with Crippen LogP contribution in [0.25, 0.3) is 0 Å². The SMILES string of the molecule is N#Cc1cccc(NC(=O)C(=O)NC2CCS(=O)(=O)C2)c1. The molecule has 1 aromatic rings. The van der Waals surface area contributed by atoms with Crippen molar-refractivity contribution in [2.45, 2.75) is 12.5 Å². The van der Waals surface area contributed by atoms with Crippen molar-refractivity contribution in [1.82, 2.24) is 5.32 Å². The Labute approximate surface area is 121 Å². The number of nitrogens with zero attached hydrogens (tertiary/aromatic N) is 1. The Morgan fingerprint density at radius 3 is 2.67 bits per heavy atom. The van der Waals surface area contributed by atoms with Crippen LogP contribution in [0.15, 0.2) is 24.3 Å². The van der Waals surface area contributed by atoms with Crippen molar-refractivity contribution in [3.8, 4) is 6.07 Å². The van der Waals surface area contributed by atoms with Crippen molar-refractivity contribution in [1.29, 1.82) is 5.26 Å². The molecule has 2 rings (SSSR count). The fourth-order valence-electron chi connectivity index (χ4n) is 2.01. The van der Waals surface area contributed by atoms with E-state index < -0.39 is 27.7 Å². The number of anilines is 1. The van der Waals surface area contributed by atoms with Gasteiger partial charge in [-0.1, -0.05) is 6.07 Å². The van der Waals surface area contributed by atoms with Crippen LogP contribution in [0.1, 0.15) is 12.0 Å². The van der Waals surface area contributed by atoms with Gasteiger partial charge in [-0.15, -0.1) is 0 Å². The fourth-order valence-corrected chi connectivity index (χ4v) is 3.69. The van der Waals surface area contributed by atoms with E-state index in [-0.39, 0.29) is 11.5 Å². The summed E-state index contributed by atoms with van der Waals surface area (Å²) in [4.78, 5) is 23.4. The molecule has 0 radical (unpaired) electrons. The number of carbonyl (C=O) groups is 2. The van der Waals surface area contributed by atoms with E-state index in [2.05, 4.69) is 10.6 Å². The Morgan fingerprint density at radius 1 is 1.29 bits per heavy atom. The van der Waals surface area contributed by atoms with Crippen molar-refractivity contribution in [2.24, 2.45) is 0 Å². The molecule has 1 atom stereocenters. The summed E-state index contributed by atoms with van der Waals surface area (Å²) in [7, 11) is -3.12. The van der Waals surface area contributed by atoms with E-state index in [4.69, 9.17) is 5.26 Å². The Hall–Kier alpha value is -2.40. The van der Waals surface area contributed by atoms with E-state index in [9.17, 15) is 18.0 Å². The van der Waals surface area contributed by atoms with E-state index in [1.165, 1.54) is 6.07 Å². The molecule has 1 saturated heterocycles. The predicted octanol–water partition coefficient (Wildman–Crippen LogP) is -0.200. The van der Waals surface area contributed by atoms with Gasteiger partial charge < -0.3 is 10.6 Å². The molecule has 1 aromatic carbocycles. The van der Waals surface area contributed by atoms with Crippen molar-refractivity contribution < 1.29 is 18.0 Å². The zero-order valence-electron chi connectivity index (χ0n) is 11.0. The van der Waals surface area contributed by atoms with Gasteiger partial charge in [0.05, 0.1) is 23.1 Å². The lowest BCUT2D eigenvalue weighted by Gasteiger charge is -2.10. The third kappa shape index (κ3) is 4.03. The minimum atomic E-state index is -3.12. The summed E-state index contributed by atoms with van der Waals surface area (Å²) >= 11 is 0. The topological polar surface area (TPSA) is 116 Å². The lowest BCUT2D eigenvalue weighted by atomic mass is 10.2. The fraction of sp³-hybridized carbons (Fsp3) is 0.308. The lowest BCUT2D eigenvalue weighted by molar-refractivity contribution is -0.136. The van der Waals surface area contributed by atoms with Crippen molar-refractivity contribution >= 4 is 27.3 Å². The summed E-state index contributed by atoms with van der Waals surface area (Å²) in [6, 6.07) is 7.52. The standard InChI is InChI=1S/C13H13N3O4S/c14-7-9-2-1-3-10(6-9)15-12(17)13(18)16-11-4-5-21(19,20)8-11/h1-3,6,11H,4-5,8H2,(H,15,17)(H,16,18). The molecule has 1 unspecified atom stereocenters. The molecule has 110 valence electrons. The molecule has 1 heterocycles. The highest BCUT2D eigenvalue weighted by Gasteiger charge is 2.30. The third-order valence-corrected chi connectivity index (χ3v) is 4.79. The van der Waals surface area contributed by atoms with Gasteiger partial charge >= 0.3 is 11.8 Å². The summed E-state index contributed by atoms with van der Waals surface area (Å²) in [5, 5.41) is 13.5. The normalized spacial score (nSPS) is 19.5. The monoisotopic (exact) mass is 307 g/mol. The zero-order valence-corrected chi connectivity index (χ0v) is 11.8. The number of rotatable bonds is 2. The van der Waals surface area contributed by atoms with E-state index in [1.54, 1.807) is 18.2 Å². The average molecular weight is 307 g/mol. The van der Waals surface area contributed by atoms with Crippen LogP contribution in [0.5, 0.6) is 0 Å². The van der Waals surface area contributed by atoms with Gasteiger partial charge in [0.1, 0.15) is 0 Å². The molecule has 1 fully saturated rings. The molecule has 0 spiro atoms. The van der Waals surface area contributed by atoms with Crippen LogP contribution in [0, 0.1) is 11.3 Å². The molecule has 21 heavy (non-hydrogen) atoms. The highest BCUT2D eigenvalue weighted by molar-refractivity contribution is 7.91. The maximum absolute atomic E-state index is 11.7. The second-order valence-corrected chi connectivity index (χ2v) is 6.95. The van der Waals surface area contributed by atoms with Crippen LogP contribution in [-0.4, -0.2) is 37.8 Å². The first-order valence-electron chi connectivity index (χ1n) is 6.22. The van der Waals surface area contributed by atoms with Crippen molar-refractivity contribution in [3.05, 3.63) is 29.8 Å². The lowest BCUT2D eigenvalue weighted by Crippen LogP contribution is -2.42. The number of hydrogen-bond donors (Lipinski definition) is 2. The smallest absolute Gasteiger partial charge is 0.313 e. The second-order valence-electron chi connectivity index (χ2n) is 4.72. The summed E-state index contributed by atoms with van der Waals surface area (Å²) < 4.78 is 22.5. The van der Waals surface area contributed by atoms with Crippen molar-refractivity contribution in [3.63, 3.8) is 0 Å². The summed E-state index contributed by atoms with van der Waals surface area (Å²) in [5.41, 5.74) is 0.684. The highest BCUT2D eigenvalue weighted by Crippen LogP contribution is 2.12. The number of nitriles is 1. The molecule has 0 aliphatic carbocycles. The highest BCUT2D eigenvalue weighted by atomic mass is 32.2. The summed E-state index contributed by atoms with van der Waals surface area (Å²) in [6.45, 7) is 0. The van der Waals surface area contributed by atoms with Gasteiger partial charge in [0.2, 0.25) is 0 Å². The van der Waals surface area contributed by atoms with Crippen LogP contribution in [-0.2, 0) is 19.4 Å². The zero-order chi connectivity index (χ0) is 15.5. The Bertz CT molecular complexity index is 721. The van der Waals surface area contributed by atoms with Crippen LogP contribution >= 0.6 is 0 Å². The molecule has 1 aliphatic rings. The number of benzene rings is 1. The first kappa shape index (κ1) is 15.0. The summed E-state index contributed by atoms with van der Waals surface area (Å²) in [6.07, 6.45) is 0.311. The third-order valence-electron chi connectivity index (χ3n) is 3.02. The largest absolute Gasteiger partial charge is 0.344 e. The first-order chi connectivity index (χ1) is 9.89. The molecule has 1 aliphatic heterocycles. The molecule has 2 amide bonds. The van der Waals surface area contributed by atoms with Gasteiger partial charge in [-0.2, -0.15) is 5.26 Å². The summed E-state index contributed by atoms with van der Waals surface area (Å²) in [5.74, 6) is -1.91. The number of amides is 2. The van der Waals surface area contributed by atoms with Crippen LogP contribution in [0.2, 0.25) is 0 Å². The van der Waals surface area contributed by atoms with Crippen LogP contribution in [0.4, 0.5) is 5.69 Å². The van der Waals surface area contributed by atoms with Gasteiger partial charge in [-0.3, -0.25) is 9.59 Å². The average Bonchev–Trinajstić information content (AvgIpc) is 2.78. The quantitative estimate of drug-likeness (QED) is 0.734. The number of hydrogen-bond acceptors (Lipinski definition) is 5. The maximum atomic E-state index is 11.7. The molecule has 0 bridgehead atoms.